The smallest absolute Gasteiger partial charge is 0.265 e. The Morgan fingerprint density at radius 1 is 1.00 bits per heavy atom. The molecule has 0 radical (unpaired) electrons. The van der Waals surface area contributed by atoms with Gasteiger partial charge in [-0.15, -0.1) is 0 Å². The molecule has 1 heterocycles. The number of hydrogen-bond acceptors (Lipinski definition) is 4. The standard InChI is InChI=1S/C26H29N3O4S/c1-19(26(31)27-2)28(18-16-20-9-4-3-5-10-20)24(30)15-8-17-29-22-13-6-11-21-12-7-14-23(25(21)22)34(29,32)33/h3-7,9-14,19H,8,15-18H2,1-2H3,(H,27,31)/t19-/m0/s1. The number of hydrogen-bond donors (Lipinski definition) is 1. The number of nitrogens with one attached hydrogen (secondary N) is 1. The highest BCUT2D eigenvalue weighted by atomic mass is 32.2. The van der Waals surface area contributed by atoms with Crippen molar-refractivity contribution in [3.63, 3.8) is 0 Å². The first-order valence-electron chi connectivity index (χ1n) is 11.4. The van der Waals surface area contributed by atoms with E-state index in [0.29, 0.717) is 30.0 Å². The van der Waals surface area contributed by atoms with E-state index in [9.17, 15) is 18.0 Å². The van der Waals surface area contributed by atoms with Crippen LogP contribution in [0.5, 0.6) is 0 Å². The van der Waals surface area contributed by atoms with Crippen LogP contribution in [-0.4, -0.2) is 51.3 Å². The van der Waals surface area contributed by atoms with Crippen molar-refractivity contribution in [2.45, 2.75) is 37.1 Å². The lowest BCUT2D eigenvalue weighted by Crippen LogP contribution is -2.48. The highest BCUT2D eigenvalue weighted by Crippen LogP contribution is 2.41. The first kappa shape index (κ1) is 23.8. The molecule has 0 spiro atoms. The molecule has 2 amide bonds. The third kappa shape index (κ3) is 4.50. The second-order valence-corrected chi connectivity index (χ2v) is 10.3. The van der Waals surface area contributed by atoms with Crippen LogP contribution in [0.2, 0.25) is 0 Å². The first-order chi connectivity index (χ1) is 16.3. The summed E-state index contributed by atoms with van der Waals surface area (Å²) in [6.45, 7) is 2.32. The summed E-state index contributed by atoms with van der Waals surface area (Å²) in [5, 5.41) is 4.22. The quantitative estimate of drug-likeness (QED) is 0.510. The van der Waals surface area contributed by atoms with Gasteiger partial charge in [-0.3, -0.25) is 13.9 Å². The number of amides is 2. The summed E-state index contributed by atoms with van der Waals surface area (Å²) < 4.78 is 27.7. The van der Waals surface area contributed by atoms with Crippen molar-refractivity contribution < 1.29 is 18.0 Å². The van der Waals surface area contributed by atoms with Crippen LogP contribution >= 0.6 is 0 Å². The normalized spacial score (nSPS) is 14.7. The van der Waals surface area contributed by atoms with E-state index in [0.717, 1.165) is 16.3 Å². The predicted octanol–water partition coefficient (Wildman–Crippen LogP) is 3.33. The van der Waals surface area contributed by atoms with E-state index in [1.54, 1.807) is 37.1 Å². The van der Waals surface area contributed by atoms with Gasteiger partial charge in [-0.25, -0.2) is 8.42 Å². The van der Waals surface area contributed by atoms with Gasteiger partial charge >= 0.3 is 0 Å². The first-order valence-corrected chi connectivity index (χ1v) is 12.9. The van der Waals surface area contributed by atoms with E-state index < -0.39 is 16.1 Å². The molecule has 3 aromatic rings. The molecule has 0 fully saturated rings. The van der Waals surface area contributed by atoms with Crippen LogP contribution < -0.4 is 9.62 Å². The van der Waals surface area contributed by atoms with E-state index in [4.69, 9.17) is 0 Å². The lowest BCUT2D eigenvalue weighted by molar-refractivity contribution is -0.139. The molecule has 0 aromatic heterocycles. The number of anilines is 1. The van der Waals surface area contributed by atoms with Crippen LogP contribution in [-0.2, 0) is 26.0 Å². The summed E-state index contributed by atoms with van der Waals surface area (Å²) in [5.41, 5.74) is 1.73. The molecule has 0 aliphatic carbocycles. The van der Waals surface area contributed by atoms with Crippen molar-refractivity contribution in [1.29, 1.82) is 0 Å². The molecule has 8 heteroatoms. The molecule has 4 rings (SSSR count). The minimum Gasteiger partial charge on any atom is -0.357 e. The fourth-order valence-corrected chi connectivity index (χ4v) is 6.24. The number of benzene rings is 3. The Labute approximate surface area is 200 Å². The molecule has 0 unspecified atom stereocenters. The summed E-state index contributed by atoms with van der Waals surface area (Å²) >= 11 is 0. The fourth-order valence-electron chi connectivity index (χ4n) is 4.50. The Kier molecular flexibility index (Phi) is 6.88. The Bertz CT molecular complexity index is 1300. The Balaban J connectivity index is 1.45. The van der Waals surface area contributed by atoms with Gasteiger partial charge in [0.1, 0.15) is 6.04 Å². The summed E-state index contributed by atoms with van der Waals surface area (Å²) in [4.78, 5) is 27.3. The molecule has 1 N–H and O–H groups in total. The zero-order valence-electron chi connectivity index (χ0n) is 19.4. The number of rotatable bonds is 9. The minimum atomic E-state index is -3.65. The average Bonchev–Trinajstić information content (AvgIpc) is 3.07. The van der Waals surface area contributed by atoms with Gasteiger partial charge in [-0.05, 0) is 42.8 Å². The molecular weight excluding hydrogens is 450 g/mol. The lowest BCUT2D eigenvalue weighted by atomic mass is 10.1. The van der Waals surface area contributed by atoms with Gasteiger partial charge < -0.3 is 10.2 Å². The van der Waals surface area contributed by atoms with Crippen LogP contribution in [0.15, 0.2) is 71.6 Å². The fraction of sp³-hybridized carbons (Fsp3) is 0.308. The molecular formula is C26H29N3O4S. The minimum absolute atomic E-state index is 0.147. The van der Waals surface area contributed by atoms with Crippen molar-refractivity contribution in [1.82, 2.24) is 10.2 Å². The Morgan fingerprint density at radius 2 is 1.71 bits per heavy atom. The summed E-state index contributed by atoms with van der Waals surface area (Å²) in [5.74, 6) is -0.398. The highest BCUT2D eigenvalue weighted by Gasteiger charge is 2.35. The topological polar surface area (TPSA) is 86.8 Å². The maximum absolute atomic E-state index is 13.1. The van der Waals surface area contributed by atoms with Gasteiger partial charge in [-0.1, -0.05) is 54.6 Å². The Hall–Kier alpha value is -3.39. The molecule has 1 atom stereocenters. The largest absolute Gasteiger partial charge is 0.357 e. The lowest BCUT2D eigenvalue weighted by Gasteiger charge is -2.28. The molecule has 178 valence electrons. The highest BCUT2D eigenvalue weighted by molar-refractivity contribution is 7.93. The van der Waals surface area contributed by atoms with E-state index in [-0.39, 0.29) is 24.8 Å². The van der Waals surface area contributed by atoms with Crippen LogP contribution in [0, 0.1) is 0 Å². The molecule has 0 bridgehead atoms. The molecule has 0 saturated heterocycles. The van der Waals surface area contributed by atoms with Crippen molar-refractivity contribution >= 4 is 38.3 Å². The molecule has 3 aromatic carbocycles. The predicted molar refractivity (Wildman–Crippen MR) is 133 cm³/mol. The van der Waals surface area contributed by atoms with Crippen LogP contribution in [0.4, 0.5) is 5.69 Å². The Morgan fingerprint density at radius 3 is 2.41 bits per heavy atom. The number of likely N-dealkylation sites (N-methyl/N-ethyl adjacent to an activating group) is 1. The van der Waals surface area contributed by atoms with Crippen LogP contribution in [0.1, 0.15) is 25.3 Å². The maximum Gasteiger partial charge on any atom is 0.265 e. The van der Waals surface area contributed by atoms with Gasteiger partial charge in [0.15, 0.2) is 0 Å². The molecule has 1 aliphatic heterocycles. The number of nitrogens with zero attached hydrogens (tertiary/aromatic N) is 2. The van der Waals surface area contributed by atoms with Gasteiger partial charge in [0.2, 0.25) is 11.8 Å². The summed E-state index contributed by atoms with van der Waals surface area (Å²) in [6, 6.07) is 20.0. The van der Waals surface area contributed by atoms with Gasteiger partial charge in [-0.2, -0.15) is 0 Å². The van der Waals surface area contributed by atoms with Crippen molar-refractivity contribution in [2.24, 2.45) is 0 Å². The summed E-state index contributed by atoms with van der Waals surface area (Å²) in [7, 11) is -2.10. The van der Waals surface area contributed by atoms with E-state index in [1.165, 1.54) is 4.31 Å². The SMILES string of the molecule is CNC(=O)[C@H](C)N(CCc1ccccc1)C(=O)CCCN1c2cccc3cccc(c23)S1(=O)=O. The van der Waals surface area contributed by atoms with Gasteiger partial charge in [0.05, 0.1) is 10.6 Å². The number of carbonyl (C=O) groups excluding carboxylic acids is 2. The van der Waals surface area contributed by atoms with E-state index in [2.05, 4.69) is 5.32 Å². The zero-order valence-corrected chi connectivity index (χ0v) is 20.2. The van der Waals surface area contributed by atoms with Gasteiger partial charge in [0.25, 0.3) is 10.0 Å². The third-order valence-corrected chi connectivity index (χ3v) is 8.19. The molecule has 34 heavy (non-hydrogen) atoms. The van der Waals surface area contributed by atoms with Crippen LogP contribution in [0.25, 0.3) is 10.8 Å². The molecule has 1 aliphatic rings. The molecule has 7 nitrogen and oxygen atoms in total. The number of sulfonamides is 1. The summed E-state index contributed by atoms with van der Waals surface area (Å²) in [6.07, 6.45) is 1.13. The third-order valence-electron chi connectivity index (χ3n) is 6.33. The number of carbonyl (C=O) groups is 2. The van der Waals surface area contributed by atoms with Crippen molar-refractivity contribution in [3.05, 3.63) is 72.3 Å². The van der Waals surface area contributed by atoms with E-state index >= 15 is 0 Å². The maximum atomic E-state index is 13.1. The van der Waals surface area contributed by atoms with Crippen molar-refractivity contribution in [3.8, 4) is 0 Å². The molecule has 0 saturated carbocycles. The van der Waals surface area contributed by atoms with Gasteiger partial charge in [0, 0.05) is 31.9 Å². The van der Waals surface area contributed by atoms with E-state index in [1.807, 2.05) is 48.5 Å². The average molecular weight is 480 g/mol. The monoisotopic (exact) mass is 479 g/mol. The second kappa shape index (κ2) is 9.85. The zero-order chi connectivity index (χ0) is 24.3. The van der Waals surface area contributed by atoms with Crippen molar-refractivity contribution in [2.75, 3.05) is 24.4 Å². The second-order valence-electron chi connectivity index (χ2n) is 8.43. The van der Waals surface area contributed by atoms with Crippen LogP contribution in [0.3, 0.4) is 0 Å².